The summed E-state index contributed by atoms with van der Waals surface area (Å²) >= 11 is 0. The maximum absolute atomic E-state index is 14.5. The molecule has 17 nitrogen and oxygen atoms in total. The van der Waals surface area contributed by atoms with Crippen LogP contribution in [-0.2, 0) is 39.6 Å². The lowest BCUT2D eigenvalue weighted by molar-refractivity contribution is -0.318. The van der Waals surface area contributed by atoms with E-state index >= 15 is 0 Å². The van der Waals surface area contributed by atoms with Gasteiger partial charge in [0.05, 0.1) is 41.5 Å². The number of anilines is 1. The highest BCUT2D eigenvalue weighted by Crippen LogP contribution is 2.40. The third kappa shape index (κ3) is 13.8. The van der Waals surface area contributed by atoms with Crippen LogP contribution in [0.5, 0.6) is 0 Å². The zero-order chi connectivity index (χ0) is 49.5. The van der Waals surface area contributed by atoms with E-state index in [9.17, 15) is 35.1 Å². The second-order valence-corrected chi connectivity index (χ2v) is 20.5. The molecule has 0 bridgehead atoms. The Labute approximate surface area is 394 Å². The Kier molecular flexibility index (Phi) is 20.3. The number of methoxy groups -OCH3 is 1. The molecule has 3 fully saturated rings. The molecule has 3 aliphatic rings. The highest BCUT2D eigenvalue weighted by molar-refractivity contribution is 5.89. The first kappa shape index (κ1) is 56.1. The van der Waals surface area contributed by atoms with E-state index in [2.05, 4.69) is 17.6 Å². The van der Waals surface area contributed by atoms with Gasteiger partial charge in [0.1, 0.15) is 30.0 Å². The van der Waals surface area contributed by atoms with Crippen LogP contribution in [0.1, 0.15) is 114 Å². The lowest BCUT2D eigenvalue weighted by Gasteiger charge is -2.48. The van der Waals surface area contributed by atoms with Gasteiger partial charge in [0.15, 0.2) is 12.6 Å². The summed E-state index contributed by atoms with van der Waals surface area (Å²) in [5.74, 6) is -2.87. The molecule has 2 amide bonds. The quantitative estimate of drug-likeness (QED) is 0.110. The fourth-order valence-electron chi connectivity index (χ4n) is 10.4. The van der Waals surface area contributed by atoms with E-state index in [1.807, 2.05) is 68.9 Å². The summed E-state index contributed by atoms with van der Waals surface area (Å²) < 4.78 is 38.0. The number of aryl methyl sites for hydroxylation is 1. The smallest absolute Gasteiger partial charge is 0.319 e. The number of benzene rings is 1. The number of amides is 2. The lowest BCUT2D eigenvalue weighted by Crippen LogP contribution is -2.60. The number of ether oxygens (including phenoxy) is 6. The van der Waals surface area contributed by atoms with E-state index in [0.717, 1.165) is 12.0 Å². The molecule has 0 saturated carbocycles. The van der Waals surface area contributed by atoms with Gasteiger partial charge in [-0.05, 0) is 118 Å². The van der Waals surface area contributed by atoms with Gasteiger partial charge >= 0.3 is 12.0 Å². The van der Waals surface area contributed by atoms with Crippen molar-refractivity contribution in [2.75, 3.05) is 46.2 Å². The second-order valence-electron chi connectivity index (χ2n) is 20.5. The van der Waals surface area contributed by atoms with Crippen LogP contribution in [0.3, 0.4) is 0 Å². The average Bonchev–Trinajstić information content (AvgIpc) is 3.25. The standard InChI is InChI=1S/C49H86N4O13/c1-15-34-18-20-35(21-19-34)51-46(58)50-22-17-23-53-27-28(3)25-47(9,59)43(66-45-39(54)36(52(12)13)24-29(4)62-45)30(5)40(65-38-26-48(10,61-14)42(56)33(8)63-38)31(6)44(57)64-37(16-2)49(11,60)41(55)32(53)7/h18-21,28-33,36-43,45,54-56,59-60H,15-17,22-27H2,1-14H3,(H2,50,51,58)/t28-,29-,30+,31-,32-,33+,36+,37-,38+,39-,40+,41-,42+,43-,45+,47-,48-,49-/m1/s1. The first-order valence-electron chi connectivity index (χ1n) is 24.2. The first-order valence-corrected chi connectivity index (χ1v) is 24.2. The number of nitrogens with one attached hydrogen (secondary N) is 2. The number of hydrogen-bond donors (Lipinski definition) is 7. The van der Waals surface area contributed by atoms with Gasteiger partial charge in [-0.1, -0.05) is 39.8 Å². The van der Waals surface area contributed by atoms with E-state index in [-0.39, 0.29) is 43.4 Å². The Balaban J connectivity index is 1.73. The Hall–Kier alpha value is -2.52. The summed E-state index contributed by atoms with van der Waals surface area (Å²) in [6.45, 7) is 20.6. The van der Waals surface area contributed by atoms with Crippen molar-refractivity contribution in [1.82, 2.24) is 15.1 Å². The minimum absolute atomic E-state index is 0.102. The van der Waals surface area contributed by atoms with Gasteiger partial charge in [-0.25, -0.2) is 4.79 Å². The summed E-state index contributed by atoms with van der Waals surface area (Å²) in [4.78, 5) is 31.3. The van der Waals surface area contributed by atoms with Crippen LogP contribution in [0, 0.1) is 17.8 Å². The summed E-state index contributed by atoms with van der Waals surface area (Å²) in [6, 6.07) is 6.31. The molecular weight excluding hydrogens is 853 g/mol. The fraction of sp³-hybridized carbons (Fsp3) is 0.837. The van der Waals surface area contributed by atoms with Crippen LogP contribution < -0.4 is 10.6 Å². The van der Waals surface area contributed by atoms with Gasteiger partial charge in [-0.2, -0.15) is 0 Å². The van der Waals surface area contributed by atoms with E-state index in [4.69, 9.17) is 28.4 Å². The van der Waals surface area contributed by atoms with E-state index < -0.39 is 96.0 Å². The van der Waals surface area contributed by atoms with Crippen LogP contribution in [0.4, 0.5) is 10.5 Å². The number of cyclic esters (lactones) is 1. The first-order chi connectivity index (χ1) is 30.8. The number of aliphatic hydroxyl groups is 5. The molecule has 3 aliphatic heterocycles. The molecule has 0 aliphatic carbocycles. The topological polar surface area (TPSA) is 221 Å². The monoisotopic (exact) mass is 939 g/mol. The van der Waals surface area contributed by atoms with Crippen molar-refractivity contribution in [3.8, 4) is 0 Å². The van der Waals surface area contributed by atoms with Crippen molar-refractivity contribution in [3.63, 3.8) is 0 Å². The summed E-state index contributed by atoms with van der Waals surface area (Å²) in [7, 11) is 5.26. The number of carbonyl (C=O) groups excluding carboxylic acids is 2. The average molecular weight is 939 g/mol. The number of aliphatic hydroxyl groups excluding tert-OH is 3. The van der Waals surface area contributed by atoms with Crippen molar-refractivity contribution in [2.45, 2.75) is 205 Å². The van der Waals surface area contributed by atoms with Gasteiger partial charge in [0, 0.05) is 56.9 Å². The Bertz CT molecular complexity index is 1670. The minimum atomic E-state index is -1.91. The number of nitrogens with zero attached hydrogens (tertiary/aromatic N) is 2. The normalized spacial score (nSPS) is 41.4. The number of likely N-dealkylation sites (N-methyl/N-ethyl adjacent to an activating group) is 1. The zero-order valence-electron chi connectivity index (χ0n) is 42.2. The Morgan fingerprint density at radius 1 is 0.939 bits per heavy atom. The predicted octanol–water partition coefficient (Wildman–Crippen LogP) is 4.05. The molecule has 0 unspecified atom stereocenters. The molecule has 1 aromatic rings. The molecule has 1 aromatic carbocycles. The molecule has 0 spiro atoms. The predicted molar refractivity (Wildman–Crippen MR) is 251 cm³/mol. The molecule has 380 valence electrons. The second kappa shape index (κ2) is 23.9. The molecule has 66 heavy (non-hydrogen) atoms. The Morgan fingerprint density at radius 3 is 2.18 bits per heavy atom. The third-order valence-corrected chi connectivity index (χ3v) is 14.6. The van der Waals surface area contributed by atoms with Gasteiger partial charge in [-0.3, -0.25) is 9.69 Å². The van der Waals surface area contributed by atoms with Crippen molar-refractivity contribution in [3.05, 3.63) is 29.8 Å². The van der Waals surface area contributed by atoms with Crippen LogP contribution in [0.25, 0.3) is 0 Å². The van der Waals surface area contributed by atoms with E-state index in [1.165, 1.54) is 14.0 Å². The number of urea groups is 1. The van der Waals surface area contributed by atoms with Crippen molar-refractivity contribution >= 4 is 17.7 Å². The largest absolute Gasteiger partial charge is 0.459 e. The molecule has 18 atom stereocenters. The number of carbonyl (C=O) groups is 2. The third-order valence-electron chi connectivity index (χ3n) is 14.6. The highest BCUT2D eigenvalue weighted by Gasteiger charge is 2.53. The lowest BCUT2D eigenvalue weighted by atomic mass is 9.77. The SMILES string of the molecule is CCc1ccc(NC(=O)NCCCN2C[C@H](C)C[C@@](C)(O)[C@H](O[C@@H]3O[C@H](C)C[C@H](N(C)C)[C@H]3O)[C@@H](C)[C@H](O[C@H]3C[C@@](C)(OC)[C@@H](O)[C@H](C)O3)[C@@H](C)C(=O)O[C@H](CC)[C@@](C)(O)[C@H](O)[C@H]2C)cc1. The van der Waals surface area contributed by atoms with Crippen molar-refractivity contribution < 1.29 is 63.5 Å². The summed E-state index contributed by atoms with van der Waals surface area (Å²) in [6.07, 6.45) is -7.62. The van der Waals surface area contributed by atoms with E-state index in [1.54, 1.807) is 41.5 Å². The molecule has 17 heteroatoms. The van der Waals surface area contributed by atoms with Crippen LogP contribution in [0.15, 0.2) is 24.3 Å². The maximum atomic E-state index is 14.5. The van der Waals surface area contributed by atoms with Crippen LogP contribution >= 0.6 is 0 Å². The van der Waals surface area contributed by atoms with Crippen molar-refractivity contribution in [1.29, 1.82) is 0 Å². The molecular formula is C49H86N4O13. The van der Waals surface area contributed by atoms with Gasteiger partial charge in [0.25, 0.3) is 0 Å². The van der Waals surface area contributed by atoms with Crippen LogP contribution in [0.2, 0.25) is 0 Å². The highest BCUT2D eigenvalue weighted by atomic mass is 16.7. The van der Waals surface area contributed by atoms with Gasteiger partial charge < -0.3 is 69.5 Å². The maximum Gasteiger partial charge on any atom is 0.319 e. The molecule has 0 radical (unpaired) electrons. The number of hydrogen-bond acceptors (Lipinski definition) is 15. The Morgan fingerprint density at radius 2 is 1.59 bits per heavy atom. The van der Waals surface area contributed by atoms with E-state index in [0.29, 0.717) is 38.2 Å². The van der Waals surface area contributed by atoms with Crippen molar-refractivity contribution in [2.24, 2.45) is 17.8 Å². The number of esters is 1. The molecule has 3 heterocycles. The summed E-state index contributed by atoms with van der Waals surface area (Å²) in [5.41, 5.74) is -2.79. The molecule has 7 N–H and O–H groups in total. The minimum Gasteiger partial charge on any atom is -0.459 e. The summed E-state index contributed by atoms with van der Waals surface area (Å²) in [5, 5.41) is 65.6. The fourth-order valence-corrected chi connectivity index (χ4v) is 10.4. The molecule has 3 saturated heterocycles. The van der Waals surface area contributed by atoms with Crippen LogP contribution in [-0.4, -0.2) is 178 Å². The zero-order valence-corrected chi connectivity index (χ0v) is 42.2. The molecule has 0 aromatic heterocycles. The van der Waals surface area contributed by atoms with Gasteiger partial charge in [-0.15, -0.1) is 0 Å². The van der Waals surface area contributed by atoms with Gasteiger partial charge in [0.2, 0.25) is 0 Å². The number of rotatable bonds is 13. The molecule has 4 rings (SSSR count).